The van der Waals surface area contributed by atoms with E-state index in [1.807, 2.05) is 43.3 Å². The standard InChI is InChI=1S/C25H26N6OS/c1-15-8-9-20(31-26-10-11-27-31)17(12-15)24(32)30-13-18-16(2)23(18)22(30)14-33-25-28-19-6-4-5-7-21(19)29(25)3/h4-12,16,18,22-23H,13-14H2,1-3H3/t16?,18?,22-,23?/m1/s1. The van der Waals surface area contributed by atoms with Crippen molar-refractivity contribution in [1.82, 2.24) is 29.4 Å². The van der Waals surface area contributed by atoms with Crippen LogP contribution in [0, 0.1) is 24.7 Å². The van der Waals surface area contributed by atoms with Crippen LogP contribution in [0.3, 0.4) is 0 Å². The van der Waals surface area contributed by atoms with Crippen LogP contribution >= 0.6 is 11.8 Å². The van der Waals surface area contributed by atoms with Gasteiger partial charge >= 0.3 is 0 Å². The summed E-state index contributed by atoms with van der Waals surface area (Å²) in [6, 6.07) is 14.3. The quantitative estimate of drug-likeness (QED) is 0.424. The van der Waals surface area contributed by atoms with Gasteiger partial charge in [0, 0.05) is 25.4 Å². The lowest BCUT2D eigenvalue weighted by molar-refractivity contribution is 0.0713. The van der Waals surface area contributed by atoms with Crippen LogP contribution in [0.4, 0.5) is 0 Å². The first-order valence-electron chi connectivity index (χ1n) is 11.4. The highest BCUT2D eigenvalue weighted by Gasteiger charge is 2.59. The van der Waals surface area contributed by atoms with Gasteiger partial charge in [0.25, 0.3) is 5.91 Å². The Morgan fingerprint density at radius 3 is 2.73 bits per heavy atom. The van der Waals surface area contributed by atoms with Gasteiger partial charge in [-0.1, -0.05) is 42.4 Å². The number of likely N-dealkylation sites (tertiary alicyclic amines) is 1. The van der Waals surface area contributed by atoms with Crippen molar-refractivity contribution in [1.29, 1.82) is 0 Å². The molecule has 1 aliphatic heterocycles. The summed E-state index contributed by atoms with van der Waals surface area (Å²) in [5.41, 5.74) is 4.59. The molecule has 2 aromatic carbocycles. The molecule has 0 radical (unpaired) electrons. The summed E-state index contributed by atoms with van der Waals surface area (Å²) in [4.78, 5) is 22.3. The molecule has 7 nitrogen and oxygen atoms in total. The zero-order valence-corrected chi connectivity index (χ0v) is 19.7. The van der Waals surface area contributed by atoms with E-state index in [4.69, 9.17) is 4.98 Å². The van der Waals surface area contributed by atoms with Crippen LogP contribution in [0.5, 0.6) is 0 Å². The van der Waals surface area contributed by atoms with Gasteiger partial charge in [0.15, 0.2) is 5.16 Å². The Morgan fingerprint density at radius 1 is 1.15 bits per heavy atom. The van der Waals surface area contributed by atoms with Crippen LogP contribution in [0.15, 0.2) is 60.0 Å². The van der Waals surface area contributed by atoms with Gasteiger partial charge in [-0.05, 0) is 48.9 Å². The molecule has 1 saturated heterocycles. The maximum atomic E-state index is 13.8. The van der Waals surface area contributed by atoms with Crippen molar-refractivity contribution < 1.29 is 4.79 Å². The number of carbonyl (C=O) groups is 1. The average molecular weight is 459 g/mol. The molecule has 3 heterocycles. The predicted molar refractivity (Wildman–Crippen MR) is 129 cm³/mol. The highest BCUT2D eigenvalue weighted by atomic mass is 32.2. The molecule has 33 heavy (non-hydrogen) atoms. The lowest BCUT2D eigenvalue weighted by Crippen LogP contribution is -2.41. The van der Waals surface area contributed by atoms with E-state index < -0.39 is 0 Å². The van der Waals surface area contributed by atoms with Crippen molar-refractivity contribution in [2.24, 2.45) is 24.8 Å². The summed E-state index contributed by atoms with van der Waals surface area (Å²) >= 11 is 1.75. The van der Waals surface area contributed by atoms with Gasteiger partial charge in [-0.2, -0.15) is 15.0 Å². The van der Waals surface area contributed by atoms with Crippen molar-refractivity contribution in [2.75, 3.05) is 12.3 Å². The molecule has 0 spiro atoms. The third kappa shape index (κ3) is 3.35. The lowest BCUT2D eigenvalue weighted by Gasteiger charge is -2.29. The summed E-state index contributed by atoms with van der Waals surface area (Å²) in [5.74, 6) is 2.74. The van der Waals surface area contributed by atoms with Crippen molar-refractivity contribution in [3.05, 3.63) is 66.0 Å². The fourth-order valence-electron chi connectivity index (χ4n) is 5.41. The topological polar surface area (TPSA) is 68.8 Å². The molecule has 1 amide bonds. The molecule has 2 fully saturated rings. The molecular formula is C25H26N6OS. The van der Waals surface area contributed by atoms with Crippen molar-refractivity contribution >= 4 is 28.7 Å². The highest BCUT2D eigenvalue weighted by Crippen LogP contribution is 2.56. The van der Waals surface area contributed by atoms with Crippen LogP contribution in [0.2, 0.25) is 0 Å². The summed E-state index contributed by atoms with van der Waals surface area (Å²) in [5, 5.41) is 9.53. The fraction of sp³-hybridized carbons (Fsp3) is 0.360. The number of thioether (sulfide) groups is 1. The molecule has 6 rings (SSSR count). The number of para-hydroxylation sites is 2. The zero-order chi connectivity index (χ0) is 22.7. The Hall–Kier alpha value is -3.13. The van der Waals surface area contributed by atoms with Crippen LogP contribution in [-0.2, 0) is 7.05 Å². The Labute approximate surface area is 196 Å². The zero-order valence-electron chi connectivity index (χ0n) is 18.9. The smallest absolute Gasteiger partial charge is 0.256 e. The molecule has 1 saturated carbocycles. The first kappa shape index (κ1) is 20.5. The van der Waals surface area contributed by atoms with E-state index in [2.05, 4.69) is 39.7 Å². The molecule has 168 valence electrons. The van der Waals surface area contributed by atoms with E-state index in [0.29, 0.717) is 23.3 Å². The number of hydrogen-bond acceptors (Lipinski definition) is 5. The molecular weight excluding hydrogens is 432 g/mol. The van der Waals surface area contributed by atoms with E-state index in [0.717, 1.165) is 39.7 Å². The first-order valence-corrected chi connectivity index (χ1v) is 12.3. The Bertz CT molecular complexity index is 1350. The van der Waals surface area contributed by atoms with Crippen molar-refractivity contribution in [3.8, 4) is 5.69 Å². The third-order valence-electron chi connectivity index (χ3n) is 7.29. The Morgan fingerprint density at radius 2 is 1.94 bits per heavy atom. The number of rotatable bonds is 5. The summed E-state index contributed by atoms with van der Waals surface area (Å²) in [6.07, 6.45) is 3.27. The van der Waals surface area contributed by atoms with Crippen LogP contribution in [-0.4, -0.2) is 53.7 Å². The lowest BCUT2D eigenvalue weighted by atomic mass is 10.1. The van der Waals surface area contributed by atoms with E-state index >= 15 is 0 Å². The number of hydrogen-bond donors (Lipinski definition) is 0. The van der Waals surface area contributed by atoms with Gasteiger partial charge in [-0.3, -0.25) is 4.79 Å². The SMILES string of the molecule is Cc1ccc(-n2nccn2)c(C(=O)N2CC3C(C)C3[C@H]2CSc2nc3ccccc3n2C)c1. The monoisotopic (exact) mass is 458 g/mol. The molecule has 0 N–H and O–H groups in total. The number of amides is 1. The van der Waals surface area contributed by atoms with E-state index in [-0.39, 0.29) is 11.9 Å². The number of aromatic nitrogens is 5. The molecule has 2 aromatic heterocycles. The summed E-state index contributed by atoms with van der Waals surface area (Å²) in [6.45, 7) is 5.15. The number of piperidine rings is 1. The molecule has 0 bridgehead atoms. The first-order chi connectivity index (χ1) is 16.0. The molecule has 8 heteroatoms. The highest BCUT2D eigenvalue weighted by molar-refractivity contribution is 7.99. The van der Waals surface area contributed by atoms with E-state index in [1.54, 1.807) is 24.2 Å². The minimum Gasteiger partial charge on any atom is -0.334 e. The maximum absolute atomic E-state index is 13.8. The number of imidazole rings is 1. The molecule has 4 aromatic rings. The third-order valence-corrected chi connectivity index (χ3v) is 8.43. The summed E-state index contributed by atoms with van der Waals surface area (Å²) in [7, 11) is 2.06. The number of nitrogens with zero attached hydrogens (tertiary/aromatic N) is 6. The van der Waals surface area contributed by atoms with E-state index in [1.165, 1.54) is 4.80 Å². The van der Waals surface area contributed by atoms with E-state index in [9.17, 15) is 4.79 Å². The second kappa shape index (κ2) is 7.73. The van der Waals surface area contributed by atoms with Gasteiger partial charge < -0.3 is 9.47 Å². The maximum Gasteiger partial charge on any atom is 0.256 e. The van der Waals surface area contributed by atoms with Gasteiger partial charge in [0.1, 0.15) is 0 Å². The van der Waals surface area contributed by atoms with Crippen molar-refractivity contribution in [3.63, 3.8) is 0 Å². The number of benzene rings is 2. The number of carbonyl (C=O) groups excluding carboxylic acids is 1. The van der Waals surface area contributed by atoms with Crippen molar-refractivity contribution in [2.45, 2.75) is 25.0 Å². The number of fused-ring (bicyclic) bond motifs is 2. The molecule has 4 atom stereocenters. The molecule has 1 aliphatic carbocycles. The van der Waals surface area contributed by atoms with Gasteiger partial charge in [0.05, 0.1) is 34.7 Å². The fourth-order valence-corrected chi connectivity index (χ4v) is 6.59. The molecule has 2 aliphatic rings. The number of aryl methyl sites for hydroxylation is 2. The minimum absolute atomic E-state index is 0.0704. The predicted octanol–water partition coefficient (Wildman–Crippen LogP) is 3.96. The van der Waals surface area contributed by atoms with Gasteiger partial charge in [-0.15, -0.1) is 0 Å². The average Bonchev–Trinajstić information content (AvgIpc) is 3.27. The van der Waals surface area contributed by atoms with Crippen LogP contribution in [0.25, 0.3) is 16.7 Å². The normalized spacial score (nSPS) is 23.8. The molecule has 3 unspecified atom stereocenters. The van der Waals surface area contributed by atoms with Gasteiger partial charge in [-0.25, -0.2) is 4.98 Å². The minimum atomic E-state index is 0.0704. The second-order valence-corrected chi connectivity index (χ2v) is 10.2. The Kier molecular flexibility index (Phi) is 4.79. The Balaban J connectivity index is 1.29. The second-order valence-electron chi connectivity index (χ2n) is 9.22. The van der Waals surface area contributed by atoms with Crippen LogP contribution in [0.1, 0.15) is 22.8 Å². The van der Waals surface area contributed by atoms with Crippen LogP contribution < -0.4 is 0 Å². The largest absolute Gasteiger partial charge is 0.334 e. The summed E-state index contributed by atoms with van der Waals surface area (Å²) < 4.78 is 2.15. The van der Waals surface area contributed by atoms with Gasteiger partial charge in [0.2, 0.25) is 0 Å².